The summed E-state index contributed by atoms with van der Waals surface area (Å²) in [4.78, 5) is 23.5. The molecular formula is C15H11BrFNO3. The SMILES string of the molecule is O=C(N[C@H](C(=O)O)c1ccccc1)c1cccc(F)c1Br. The van der Waals surface area contributed by atoms with Gasteiger partial charge in [-0.25, -0.2) is 9.18 Å². The van der Waals surface area contributed by atoms with Crippen LogP contribution >= 0.6 is 15.9 Å². The molecule has 2 aromatic carbocycles. The fourth-order valence-electron chi connectivity index (χ4n) is 1.82. The van der Waals surface area contributed by atoms with Gasteiger partial charge < -0.3 is 10.4 Å². The highest BCUT2D eigenvalue weighted by Gasteiger charge is 2.23. The van der Waals surface area contributed by atoms with Gasteiger partial charge >= 0.3 is 5.97 Å². The molecule has 2 rings (SSSR count). The molecule has 0 unspecified atom stereocenters. The van der Waals surface area contributed by atoms with Gasteiger partial charge in [-0.2, -0.15) is 0 Å². The van der Waals surface area contributed by atoms with Crippen LogP contribution in [0.5, 0.6) is 0 Å². The molecule has 0 saturated heterocycles. The maximum atomic E-state index is 13.4. The first-order chi connectivity index (χ1) is 10.0. The van der Waals surface area contributed by atoms with Gasteiger partial charge in [-0.05, 0) is 33.6 Å². The number of aliphatic carboxylic acids is 1. The molecule has 1 atom stereocenters. The zero-order valence-electron chi connectivity index (χ0n) is 10.7. The number of hydrogen-bond acceptors (Lipinski definition) is 2. The Labute approximate surface area is 128 Å². The standard InChI is InChI=1S/C15H11BrFNO3/c16-12-10(7-4-8-11(12)17)14(19)18-13(15(20)21)9-5-2-1-3-6-9/h1-8,13H,(H,18,19)(H,20,21)/t13-/m0/s1. The lowest BCUT2D eigenvalue weighted by Gasteiger charge is -2.15. The van der Waals surface area contributed by atoms with Crippen LogP contribution in [0.15, 0.2) is 53.0 Å². The monoisotopic (exact) mass is 351 g/mol. The molecule has 2 aromatic rings. The molecule has 0 bridgehead atoms. The molecule has 108 valence electrons. The molecule has 2 N–H and O–H groups in total. The van der Waals surface area contributed by atoms with Crippen molar-refractivity contribution in [3.8, 4) is 0 Å². The number of amides is 1. The van der Waals surface area contributed by atoms with Gasteiger partial charge in [0.2, 0.25) is 0 Å². The van der Waals surface area contributed by atoms with Crippen LogP contribution in [0.4, 0.5) is 4.39 Å². The van der Waals surface area contributed by atoms with Crippen molar-refractivity contribution in [2.24, 2.45) is 0 Å². The summed E-state index contributed by atoms with van der Waals surface area (Å²) in [7, 11) is 0. The Kier molecular flexibility index (Phi) is 4.70. The summed E-state index contributed by atoms with van der Waals surface area (Å²) in [5, 5.41) is 11.6. The van der Waals surface area contributed by atoms with E-state index in [1.165, 1.54) is 18.2 Å². The maximum absolute atomic E-state index is 13.4. The van der Waals surface area contributed by atoms with Crippen LogP contribution in [0.1, 0.15) is 22.0 Å². The lowest BCUT2D eigenvalue weighted by atomic mass is 10.1. The fraction of sp³-hybridized carbons (Fsp3) is 0.0667. The van der Waals surface area contributed by atoms with Gasteiger partial charge in [0.25, 0.3) is 5.91 Å². The average molecular weight is 352 g/mol. The highest BCUT2D eigenvalue weighted by molar-refractivity contribution is 9.10. The molecule has 21 heavy (non-hydrogen) atoms. The summed E-state index contributed by atoms with van der Waals surface area (Å²) >= 11 is 2.98. The molecule has 4 nitrogen and oxygen atoms in total. The molecule has 0 aliphatic carbocycles. The Balaban J connectivity index is 2.28. The number of carboxylic acids is 1. The number of halogens is 2. The number of carboxylic acid groups (broad SMARTS) is 1. The summed E-state index contributed by atoms with van der Waals surface area (Å²) in [6.07, 6.45) is 0. The summed E-state index contributed by atoms with van der Waals surface area (Å²) in [5.41, 5.74) is 0.475. The summed E-state index contributed by atoms with van der Waals surface area (Å²) in [6, 6.07) is 11.1. The number of rotatable bonds is 4. The summed E-state index contributed by atoms with van der Waals surface area (Å²) < 4.78 is 13.4. The molecule has 0 aliphatic heterocycles. The molecular weight excluding hydrogens is 341 g/mol. The van der Waals surface area contributed by atoms with Crippen molar-refractivity contribution in [3.63, 3.8) is 0 Å². The van der Waals surface area contributed by atoms with Gasteiger partial charge in [-0.1, -0.05) is 36.4 Å². The van der Waals surface area contributed by atoms with E-state index in [-0.39, 0.29) is 10.0 Å². The zero-order valence-corrected chi connectivity index (χ0v) is 12.3. The van der Waals surface area contributed by atoms with Gasteiger partial charge in [-0.3, -0.25) is 4.79 Å². The normalized spacial score (nSPS) is 11.7. The van der Waals surface area contributed by atoms with Gasteiger partial charge in [0.15, 0.2) is 6.04 Å². The number of benzene rings is 2. The summed E-state index contributed by atoms with van der Waals surface area (Å²) in [5.74, 6) is -2.45. The smallest absolute Gasteiger partial charge is 0.330 e. The minimum absolute atomic E-state index is 0.000277. The van der Waals surface area contributed by atoms with Crippen LogP contribution in [0.3, 0.4) is 0 Å². The number of hydrogen-bond donors (Lipinski definition) is 2. The molecule has 0 saturated carbocycles. The van der Waals surface area contributed by atoms with E-state index >= 15 is 0 Å². The van der Waals surface area contributed by atoms with Crippen molar-refractivity contribution in [1.29, 1.82) is 0 Å². The van der Waals surface area contributed by atoms with E-state index in [4.69, 9.17) is 0 Å². The molecule has 0 radical (unpaired) electrons. The Hall–Kier alpha value is -2.21. The number of nitrogens with one attached hydrogen (secondary N) is 1. The average Bonchev–Trinajstić information content (AvgIpc) is 2.48. The van der Waals surface area contributed by atoms with Crippen molar-refractivity contribution in [1.82, 2.24) is 5.32 Å². The van der Waals surface area contributed by atoms with Crippen LogP contribution in [-0.4, -0.2) is 17.0 Å². The van der Waals surface area contributed by atoms with Crippen LogP contribution in [0.2, 0.25) is 0 Å². The first-order valence-electron chi connectivity index (χ1n) is 6.03. The van der Waals surface area contributed by atoms with Crippen molar-refractivity contribution < 1.29 is 19.1 Å². The topological polar surface area (TPSA) is 66.4 Å². The third kappa shape index (κ3) is 3.46. The van der Waals surface area contributed by atoms with E-state index in [1.807, 2.05) is 0 Å². The third-order valence-electron chi connectivity index (χ3n) is 2.85. The Morgan fingerprint density at radius 2 is 1.76 bits per heavy atom. The summed E-state index contributed by atoms with van der Waals surface area (Å²) in [6.45, 7) is 0. The maximum Gasteiger partial charge on any atom is 0.330 e. The first kappa shape index (κ1) is 15.2. The largest absolute Gasteiger partial charge is 0.479 e. The lowest BCUT2D eigenvalue weighted by molar-refractivity contribution is -0.139. The minimum Gasteiger partial charge on any atom is -0.479 e. The van der Waals surface area contributed by atoms with Crippen LogP contribution in [0, 0.1) is 5.82 Å². The molecule has 0 aliphatic rings. The second kappa shape index (κ2) is 6.49. The van der Waals surface area contributed by atoms with Gasteiger partial charge in [-0.15, -0.1) is 0 Å². The highest BCUT2D eigenvalue weighted by Crippen LogP contribution is 2.21. The molecule has 1 amide bonds. The van der Waals surface area contributed by atoms with Crippen LogP contribution < -0.4 is 5.32 Å². The van der Waals surface area contributed by atoms with E-state index in [1.54, 1.807) is 30.3 Å². The van der Waals surface area contributed by atoms with Crippen LogP contribution in [0.25, 0.3) is 0 Å². The van der Waals surface area contributed by atoms with Gasteiger partial charge in [0.1, 0.15) is 5.82 Å². The second-order valence-corrected chi connectivity index (χ2v) is 5.05. The Morgan fingerprint density at radius 3 is 2.38 bits per heavy atom. The minimum atomic E-state index is -1.20. The molecule has 0 fully saturated rings. The Bertz CT molecular complexity index is 676. The zero-order chi connectivity index (χ0) is 15.4. The third-order valence-corrected chi connectivity index (χ3v) is 3.66. The van der Waals surface area contributed by atoms with Crippen molar-refractivity contribution in [2.75, 3.05) is 0 Å². The van der Waals surface area contributed by atoms with Crippen molar-refractivity contribution >= 4 is 27.8 Å². The molecule has 6 heteroatoms. The van der Waals surface area contributed by atoms with E-state index in [0.717, 1.165) is 0 Å². The van der Waals surface area contributed by atoms with Gasteiger partial charge in [0.05, 0.1) is 10.0 Å². The van der Waals surface area contributed by atoms with Crippen molar-refractivity contribution in [2.45, 2.75) is 6.04 Å². The second-order valence-electron chi connectivity index (χ2n) is 4.26. The lowest BCUT2D eigenvalue weighted by Crippen LogP contribution is -2.34. The Morgan fingerprint density at radius 1 is 1.10 bits per heavy atom. The van der Waals surface area contributed by atoms with E-state index in [9.17, 15) is 19.1 Å². The van der Waals surface area contributed by atoms with E-state index < -0.39 is 23.7 Å². The highest BCUT2D eigenvalue weighted by atomic mass is 79.9. The van der Waals surface area contributed by atoms with E-state index in [2.05, 4.69) is 21.2 Å². The van der Waals surface area contributed by atoms with E-state index in [0.29, 0.717) is 5.56 Å². The predicted octanol–water partition coefficient (Wildman–Crippen LogP) is 3.14. The van der Waals surface area contributed by atoms with Crippen LogP contribution in [-0.2, 0) is 4.79 Å². The number of carbonyl (C=O) groups is 2. The first-order valence-corrected chi connectivity index (χ1v) is 6.82. The predicted molar refractivity (Wildman–Crippen MR) is 78.4 cm³/mol. The molecule has 0 spiro atoms. The van der Waals surface area contributed by atoms with Gasteiger partial charge in [0, 0.05) is 0 Å². The molecule has 0 heterocycles. The number of carbonyl (C=O) groups excluding carboxylic acids is 1. The quantitative estimate of drug-likeness (QED) is 0.889. The fourth-order valence-corrected chi connectivity index (χ4v) is 2.27. The van der Waals surface area contributed by atoms with Crippen molar-refractivity contribution in [3.05, 3.63) is 69.9 Å². The molecule has 0 aromatic heterocycles.